The number of aryl methyl sites for hydroxylation is 2. The molecule has 9 heteroatoms. The van der Waals surface area contributed by atoms with Crippen LogP contribution < -0.4 is 5.56 Å². The topological polar surface area (TPSA) is 69.9 Å². The number of fused-ring (bicyclic) bond motifs is 1. The fourth-order valence-corrected chi connectivity index (χ4v) is 4.36. The molecule has 34 heavy (non-hydrogen) atoms. The van der Waals surface area contributed by atoms with Crippen molar-refractivity contribution in [3.05, 3.63) is 69.8 Å². The Bertz CT molecular complexity index is 1300. The highest BCUT2D eigenvalue weighted by Gasteiger charge is 2.30. The lowest BCUT2D eigenvalue weighted by Gasteiger charge is -2.30. The van der Waals surface area contributed by atoms with Crippen molar-refractivity contribution in [3.63, 3.8) is 0 Å². The van der Waals surface area contributed by atoms with Gasteiger partial charge in [0.2, 0.25) is 0 Å². The van der Waals surface area contributed by atoms with Gasteiger partial charge in [0.1, 0.15) is 5.82 Å². The van der Waals surface area contributed by atoms with Crippen LogP contribution in [0, 0.1) is 13.8 Å². The van der Waals surface area contributed by atoms with E-state index >= 15 is 0 Å². The second-order valence-corrected chi connectivity index (χ2v) is 8.84. The van der Waals surface area contributed by atoms with Crippen molar-refractivity contribution >= 4 is 16.5 Å². The summed E-state index contributed by atoms with van der Waals surface area (Å²) < 4.78 is 46.0. The molecule has 1 aliphatic rings. The van der Waals surface area contributed by atoms with Crippen LogP contribution >= 0.6 is 0 Å². The lowest BCUT2D eigenvalue weighted by atomic mass is 9.88. The molecule has 4 heterocycles. The van der Waals surface area contributed by atoms with Crippen LogP contribution in [-0.4, -0.2) is 32.3 Å². The van der Waals surface area contributed by atoms with Crippen LogP contribution in [-0.2, 0) is 11.8 Å². The first kappa shape index (κ1) is 24.1. The molecule has 180 valence electrons. The predicted molar refractivity (Wildman–Crippen MR) is 123 cm³/mol. The van der Waals surface area contributed by atoms with Gasteiger partial charge in [-0.2, -0.15) is 13.2 Å². The molecule has 1 aliphatic heterocycles. The molecule has 0 N–H and O–H groups in total. The van der Waals surface area contributed by atoms with Gasteiger partial charge in [0.15, 0.2) is 0 Å². The van der Waals surface area contributed by atoms with E-state index in [1.165, 1.54) is 4.57 Å². The SMILES string of the molecule is C=C(CCC(F)(F)F)c1nc([C@H]2CCO[C@H](c3ccnc(C)c3)C2)cc2nc(C)n(C)c(=O)c12. The number of allylic oxidation sites excluding steroid dienone is 1. The Kier molecular flexibility index (Phi) is 6.58. The first-order valence-corrected chi connectivity index (χ1v) is 11.2. The van der Waals surface area contributed by atoms with Crippen LogP contribution in [0.4, 0.5) is 13.2 Å². The lowest BCUT2D eigenvalue weighted by Crippen LogP contribution is -2.24. The Morgan fingerprint density at radius 2 is 2.03 bits per heavy atom. The number of rotatable bonds is 5. The highest BCUT2D eigenvalue weighted by molar-refractivity contribution is 5.89. The number of pyridine rings is 2. The summed E-state index contributed by atoms with van der Waals surface area (Å²) in [6, 6.07) is 5.70. The fraction of sp³-hybridized carbons (Fsp3) is 0.440. The van der Waals surface area contributed by atoms with Crippen LogP contribution in [0.2, 0.25) is 0 Å². The van der Waals surface area contributed by atoms with Crippen LogP contribution in [0.3, 0.4) is 0 Å². The Hall–Kier alpha value is -3.07. The maximum Gasteiger partial charge on any atom is 0.389 e. The van der Waals surface area contributed by atoms with Gasteiger partial charge in [-0.3, -0.25) is 19.3 Å². The molecule has 0 amide bonds. The van der Waals surface area contributed by atoms with Crippen LogP contribution in [0.15, 0.2) is 35.8 Å². The molecular weight excluding hydrogens is 445 g/mol. The molecule has 0 radical (unpaired) electrons. The fourth-order valence-electron chi connectivity index (χ4n) is 4.36. The molecule has 1 saturated heterocycles. The smallest absolute Gasteiger partial charge is 0.373 e. The van der Waals surface area contributed by atoms with Gasteiger partial charge in [-0.1, -0.05) is 6.58 Å². The number of hydrogen-bond acceptors (Lipinski definition) is 5. The van der Waals surface area contributed by atoms with Crippen molar-refractivity contribution in [1.29, 1.82) is 0 Å². The Labute approximate surface area is 195 Å². The zero-order chi connectivity index (χ0) is 24.6. The average molecular weight is 473 g/mol. The zero-order valence-electron chi connectivity index (χ0n) is 19.4. The van der Waals surface area contributed by atoms with Crippen molar-refractivity contribution in [2.75, 3.05) is 6.61 Å². The van der Waals surface area contributed by atoms with E-state index in [4.69, 9.17) is 9.72 Å². The van der Waals surface area contributed by atoms with Gasteiger partial charge in [-0.15, -0.1) is 0 Å². The van der Waals surface area contributed by atoms with Crippen molar-refractivity contribution in [3.8, 4) is 0 Å². The molecule has 0 aliphatic carbocycles. The summed E-state index contributed by atoms with van der Waals surface area (Å²) >= 11 is 0. The minimum atomic E-state index is -4.33. The van der Waals surface area contributed by atoms with Crippen molar-refractivity contribution < 1.29 is 17.9 Å². The normalized spacial score (nSPS) is 18.9. The van der Waals surface area contributed by atoms with E-state index in [0.717, 1.165) is 11.3 Å². The van der Waals surface area contributed by atoms with Gasteiger partial charge in [0.05, 0.1) is 22.7 Å². The summed E-state index contributed by atoms with van der Waals surface area (Å²) in [5, 5.41) is 0.206. The quantitative estimate of drug-likeness (QED) is 0.502. The minimum absolute atomic E-state index is 0.00282. The molecule has 0 spiro atoms. The van der Waals surface area contributed by atoms with E-state index in [9.17, 15) is 18.0 Å². The highest BCUT2D eigenvalue weighted by Crippen LogP contribution is 2.38. The minimum Gasteiger partial charge on any atom is -0.373 e. The Morgan fingerprint density at radius 1 is 1.26 bits per heavy atom. The molecule has 3 aromatic rings. The van der Waals surface area contributed by atoms with Gasteiger partial charge in [0.25, 0.3) is 5.56 Å². The van der Waals surface area contributed by atoms with Gasteiger partial charge in [0, 0.05) is 43.6 Å². The number of hydrogen-bond donors (Lipinski definition) is 0. The number of nitrogens with zero attached hydrogens (tertiary/aromatic N) is 4. The lowest BCUT2D eigenvalue weighted by molar-refractivity contribution is -0.133. The Balaban J connectivity index is 1.76. The number of ether oxygens (including phenoxy) is 1. The summed E-state index contributed by atoms with van der Waals surface area (Å²) in [4.78, 5) is 26.5. The maximum absolute atomic E-state index is 13.0. The van der Waals surface area contributed by atoms with Crippen molar-refractivity contribution in [2.45, 2.75) is 57.7 Å². The second kappa shape index (κ2) is 9.29. The molecule has 0 unspecified atom stereocenters. The van der Waals surface area contributed by atoms with E-state index in [1.54, 1.807) is 26.2 Å². The summed E-state index contributed by atoms with van der Waals surface area (Å²) in [5.74, 6) is 0.510. The zero-order valence-corrected chi connectivity index (χ0v) is 19.4. The molecule has 6 nitrogen and oxygen atoms in total. The third kappa shape index (κ3) is 5.04. The first-order valence-electron chi connectivity index (χ1n) is 11.2. The van der Waals surface area contributed by atoms with Gasteiger partial charge >= 0.3 is 6.18 Å². The van der Waals surface area contributed by atoms with Crippen LogP contribution in [0.5, 0.6) is 0 Å². The van der Waals surface area contributed by atoms with Crippen molar-refractivity contribution in [1.82, 2.24) is 19.5 Å². The second-order valence-electron chi connectivity index (χ2n) is 8.84. The maximum atomic E-state index is 13.0. The Morgan fingerprint density at radius 3 is 2.74 bits per heavy atom. The molecule has 0 saturated carbocycles. The number of halogens is 3. The van der Waals surface area contributed by atoms with Crippen LogP contribution in [0.25, 0.3) is 16.5 Å². The van der Waals surface area contributed by atoms with E-state index in [1.807, 2.05) is 19.1 Å². The molecule has 0 aromatic carbocycles. The molecule has 4 rings (SSSR count). The average Bonchev–Trinajstić information content (AvgIpc) is 2.80. The standard InChI is InChI=1S/C25H27F3N4O2/c1-14(5-8-25(26,27)28)23-22-20(30-16(3)32(4)24(22)33)13-19(31-23)17-7-10-34-21(12-17)18-6-9-29-15(2)11-18/h6,9,11,13,17,21H,1,5,7-8,10,12H2,2-4H3/t17-,21-/m0/s1. The molecule has 2 atom stereocenters. The van der Waals surface area contributed by atoms with E-state index < -0.39 is 12.6 Å². The number of aromatic nitrogens is 4. The highest BCUT2D eigenvalue weighted by atomic mass is 19.4. The third-order valence-corrected chi connectivity index (χ3v) is 6.34. The van der Waals surface area contributed by atoms with Gasteiger partial charge in [-0.25, -0.2) is 4.98 Å². The summed E-state index contributed by atoms with van der Waals surface area (Å²) in [7, 11) is 1.58. The van der Waals surface area contributed by atoms with E-state index in [0.29, 0.717) is 36.5 Å². The van der Waals surface area contributed by atoms with Crippen LogP contribution in [0.1, 0.15) is 66.2 Å². The molecular formula is C25H27F3N4O2. The molecule has 1 fully saturated rings. The van der Waals surface area contributed by atoms with Crippen molar-refractivity contribution in [2.24, 2.45) is 7.05 Å². The van der Waals surface area contributed by atoms with Gasteiger partial charge < -0.3 is 4.74 Å². The molecule has 0 bridgehead atoms. The van der Waals surface area contributed by atoms with E-state index in [2.05, 4.69) is 16.5 Å². The first-order chi connectivity index (χ1) is 16.0. The molecule has 3 aromatic heterocycles. The third-order valence-electron chi connectivity index (χ3n) is 6.34. The summed E-state index contributed by atoms with van der Waals surface area (Å²) in [5.41, 5.74) is 3.07. The summed E-state index contributed by atoms with van der Waals surface area (Å²) in [6.45, 7) is 8.01. The largest absolute Gasteiger partial charge is 0.389 e. The van der Waals surface area contributed by atoms with Gasteiger partial charge in [-0.05, 0) is 62.4 Å². The van der Waals surface area contributed by atoms with E-state index in [-0.39, 0.29) is 40.7 Å². The monoisotopic (exact) mass is 472 g/mol. The summed E-state index contributed by atoms with van der Waals surface area (Å²) in [6.07, 6.45) is -2.73. The number of alkyl halides is 3. The predicted octanol–water partition coefficient (Wildman–Crippen LogP) is 5.33.